The summed E-state index contributed by atoms with van der Waals surface area (Å²) >= 11 is -3.35. The third-order valence-corrected chi connectivity index (χ3v) is 28.6. The Kier molecular flexibility index (Phi) is 9.81. The third kappa shape index (κ3) is 4.23. The van der Waals surface area contributed by atoms with Gasteiger partial charge in [0.2, 0.25) is 0 Å². The van der Waals surface area contributed by atoms with Gasteiger partial charge in [-0.15, -0.1) is 0 Å². The van der Waals surface area contributed by atoms with Crippen LogP contribution in [0.25, 0.3) is 0 Å². The summed E-state index contributed by atoms with van der Waals surface area (Å²) in [4.78, 5) is 0. The molecule has 146 valence electrons. The van der Waals surface area contributed by atoms with Crippen LogP contribution in [-0.2, 0) is 20.8 Å². The molecule has 0 amide bonds. The van der Waals surface area contributed by atoms with E-state index in [0.29, 0.717) is 5.92 Å². The monoisotopic (exact) mass is 517 g/mol. The standard InChI is InChI=1S/C9H13.3C4H10N.Hf/c1-8(2)7-9-5-3-4-6-9;3*1-3-5-4-2;/h3-6,8H,7H2,1-2H3;3*3-4H2,1-2H3;/q;3*-1;+3. The molecule has 25 heavy (non-hydrogen) atoms. The second-order valence-electron chi connectivity index (χ2n) is 7.51. The average molecular weight is 516 g/mol. The summed E-state index contributed by atoms with van der Waals surface area (Å²) in [6.07, 6.45) is 11.1. The van der Waals surface area contributed by atoms with E-state index in [1.165, 1.54) is 6.42 Å². The van der Waals surface area contributed by atoms with Gasteiger partial charge in [0.05, 0.1) is 0 Å². The SMILES string of the molecule is CC[N](CC)[Hf]([N](CC)CC)([N](CC)CC)[C]1(CC(C)C)C=CC=C1. The summed E-state index contributed by atoms with van der Waals surface area (Å²) < 4.78 is 9.02. The first-order chi connectivity index (χ1) is 11.9. The van der Waals surface area contributed by atoms with Gasteiger partial charge in [-0.25, -0.2) is 0 Å². The summed E-state index contributed by atoms with van der Waals surface area (Å²) in [5, 5.41) is 0. The molecular formula is C21H43HfN3. The first kappa shape index (κ1) is 23.3. The van der Waals surface area contributed by atoms with Crippen LogP contribution in [0.1, 0.15) is 61.8 Å². The van der Waals surface area contributed by atoms with Crippen LogP contribution in [0.2, 0.25) is 3.17 Å². The molecule has 0 N–H and O–H groups in total. The van der Waals surface area contributed by atoms with Gasteiger partial charge in [-0.3, -0.25) is 0 Å². The van der Waals surface area contributed by atoms with Crippen molar-refractivity contribution in [1.82, 2.24) is 8.66 Å². The number of hydrogen-bond donors (Lipinski definition) is 0. The zero-order valence-corrected chi connectivity index (χ0v) is 21.8. The van der Waals surface area contributed by atoms with E-state index in [1.54, 1.807) is 0 Å². The summed E-state index contributed by atoms with van der Waals surface area (Å²) in [5.74, 6) is 0.702. The van der Waals surface area contributed by atoms with Gasteiger partial charge in [-0.05, 0) is 0 Å². The summed E-state index contributed by atoms with van der Waals surface area (Å²) in [5.41, 5.74) is 0. The quantitative estimate of drug-likeness (QED) is 0.329. The molecule has 4 heteroatoms. The Labute approximate surface area is 163 Å². The first-order valence-corrected chi connectivity index (χ1v) is 17.2. The molecule has 0 aliphatic heterocycles. The van der Waals surface area contributed by atoms with Crippen molar-refractivity contribution >= 4 is 0 Å². The van der Waals surface area contributed by atoms with Gasteiger partial charge in [-0.1, -0.05) is 0 Å². The van der Waals surface area contributed by atoms with Gasteiger partial charge in [0.15, 0.2) is 0 Å². The van der Waals surface area contributed by atoms with Gasteiger partial charge in [0, 0.05) is 0 Å². The van der Waals surface area contributed by atoms with Crippen LogP contribution >= 0.6 is 0 Å². The van der Waals surface area contributed by atoms with Crippen molar-refractivity contribution in [3.63, 3.8) is 0 Å². The van der Waals surface area contributed by atoms with E-state index in [-0.39, 0.29) is 3.17 Å². The van der Waals surface area contributed by atoms with Crippen molar-refractivity contribution in [1.29, 1.82) is 0 Å². The fourth-order valence-corrected chi connectivity index (χ4v) is 30.1. The molecule has 1 rings (SSSR count). The van der Waals surface area contributed by atoms with Crippen LogP contribution in [-0.4, -0.2) is 47.9 Å². The minimum absolute atomic E-state index is 0.241. The fourth-order valence-electron chi connectivity index (χ4n) is 5.16. The molecule has 0 radical (unpaired) electrons. The molecule has 0 saturated heterocycles. The number of rotatable bonds is 12. The Hall–Kier alpha value is 0.230. The van der Waals surface area contributed by atoms with Gasteiger partial charge >= 0.3 is 164 Å². The molecule has 0 atom stereocenters. The number of hydrogen-bond acceptors (Lipinski definition) is 3. The summed E-state index contributed by atoms with van der Waals surface area (Å²) in [6.45, 7) is 26.0. The molecule has 3 nitrogen and oxygen atoms in total. The Balaban J connectivity index is 3.77. The molecule has 1 aliphatic rings. The predicted octanol–water partition coefficient (Wildman–Crippen LogP) is 5.24. The van der Waals surface area contributed by atoms with Crippen LogP contribution in [0.4, 0.5) is 0 Å². The Morgan fingerprint density at radius 2 is 1.00 bits per heavy atom. The molecule has 0 heterocycles. The number of nitrogens with zero attached hydrogens (tertiary/aromatic N) is 3. The Morgan fingerprint density at radius 1 is 0.680 bits per heavy atom. The van der Waals surface area contributed by atoms with E-state index < -0.39 is 20.8 Å². The zero-order chi connectivity index (χ0) is 19.1. The topological polar surface area (TPSA) is 9.72 Å². The molecule has 0 spiro atoms. The Bertz CT molecular complexity index is 389. The maximum absolute atomic E-state index is 3.35. The molecule has 0 aromatic rings. The first-order valence-electron chi connectivity index (χ1n) is 10.6. The molecular weight excluding hydrogens is 473 g/mol. The Morgan fingerprint density at radius 3 is 1.24 bits per heavy atom. The van der Waals surface area contributed by atoms with Crippen LogP contribution in [0.15, 0.2) is 24.3 Å². The van der Waals surface area contributed by atoms with Crippen LogP contribution in [0, 0.1) is 5.92 Å². The average Bonchev–Trinajstić information content (AvgIpc) is 3.06. The molecule has 0 bridgehead atoms. The fraction of sp³-hybridized carbons (Fsp3) is 0.810. The molecule has 1 aliphatic carbocycles. The van der Waals surface area contributed by atoms with Gasteiger partial charge in [-0.2, -0.15) is 0 Å². The third-order valence-electron chi connectivity index (χ3n) is 5.88. The van der Waals surface area contributed by atoms with E-state index in [1.807, 2.05) is 0 Å². The second-order valence-corrected chi connectivity index (χ2v) is 22.2. The maximum atomic E-state index is 2.93. The van der Waals surface area contributed by atoms with Gasteiger partial charge in [0.25, 0.3) is 0 Å². The van der Waals surface area contributed by atoms with E-state index in [0.717, 1.165) is 39.3 Å². The molecule has 0 aromatic carbocycles. The van der Waals surface area contributed by atoms with Crippen molar-refractivity contribution in [3.05, 3.63) is 24.3 Å². The van der Waals surface area contributed by atoms with Crippen molar-refractivity contribution in [2.75, 3.05) is 39.3 Å². The number of allylic oxidation sites excluding steroid dienone is 4. The van der Waals surface area contributed by atoms with E-state index in [9.17, 15) is 0 Å². The molecule has 0 aromatic heterocycles. The van der Waals surface area contributed by atoms with Crippen LogP contribution in [0.5, 0.6) is 0 Å². The van der Waals surface area contributed by atoms with Crippen molar-refractivity contribution in [2.45, 2.75) is 65.0 Å². The molecule has 0 saturated carbocycles. The van der Waals surface area contributed by atoms with Crippen LogP contribution in [0.3, 0.4) is 0 Å². The van der Waals surface area contributed by atoms with Crippen LogP contribution < -0.4 is 0 Å². The van der Waals surface area contributed by atoms with Crippen molar-refractivity contribution < 1.29 is 20.8 Å². The van der Waals surface area contributed by atoms with E-state index in [2.05, 4.69) is 88.4 Å². The normalized spacial score (nSPS) is 17.0. The van der Waals surface area contributed by atoms with E-state index in [4.69, 9.17) is 0 Å². The van der Waals surface area contributed by atoms with E-state index >= 15 is 0 Å². The second kappa shape index (κ2) is 10.5. The molecule has 0 fully saturated rings. The zero-order valence-electron chi connectivity index (χ0n) is 18.2. The summed E-state index contributed by atoms with van der Waals surface area (Å²) in [7, 11) is 0. The summed E-state index contributed by atoms with van der Waals surface area (Å²) in [6, 6.07) is 0. The minimum atomic E-state index is -3.35. The van der Waals surface area contributed by atoms with Crippen molar-refractivity contribution in [2.24, 2.45) is 5.92 Å². The van der Waals surface area contributed by atoms with Gasteiger partial charge < -0.3 is 0 Å². The van der Waals surface area contributed by atoms with Crippen molar-refractivity contribution in [3.8, 4) is 0 Å². The molecule has 0 unspecified atom stereocenters. The van der Waals surface area contributed by atoms with Gasteiger partial charge in [0.1, 0.15) is 0 Å². The predicted molar refractivity (Wildman–Crippen MR) is 109 cm³/mol.